The van der Waals surface area contributed by atoms with E-state index in [2.05, 4.69) is 47.2 Å². The van der Waals surface area contributed by atoms with Gasteiger partial charge in [0.15, 0.2) is 0 Å². The highest BCUT2D eigenvalue weighted by Crippen LogP contribution is 2.35. The molecule has 3 aromatic heterocycles. The third-order valence-corrected chi connectivity index (χ3v) is 5.64. The fourth-order valence-corrected chi connectivity index (χ4v) is 4.28. The molecule has 5 rings (SSSR count). The van der Waals surface area contributed by atoms with Gasteiger partial charge in [0.1, 0.15) is 11.2 Å². The van der Waals surface area contributed by atoms with Gasteiger partial charge >= 0.3 is 0 Å². The molecule has 0 saturated heterocycles. The van der Waals surface area contributed by atoms with Gasteiger partial charge in [0.25, 0.3) is 0 Å². The molecule has 0 radical (unpaired) electrons. The van der Waals surface area contributed by atoms with Crippen molar-refractivity contribution in [2.75, 3.05) is 0 Å². The van der Waals surface area contributed by atoms with Crippen molar-refractivity contribution in [1.29, 1.82) is 0 Å². The summed E-state index contributed by atoms with van der Waals surface area (Å²) in [4.78, 5) is 9.09. The Balaban J connectivity index is 1.61. The van der Waals surface area contributed by atoms with E-state index in [1.807, 2.05) is 18.6 Å². The molecule has 130 valence electrons. The van der Waals surface area contributed by atoms with Gasteiger partial charge in [-0.05, 0) is 48.6 Å². The van der Waals surface area contributed by atoms with Crippen LogP contribution < -0.4 is 0 Å². The molecule has 0 spiro atoms. The number of aryl methyl sites for hydroxylation is 1. The van der Waals surface area contributed by atoms with Gasteiger partial charge in [0, 0.05) is 29.4 Å². The van der Waals surface area contributed by atoms with E-state index in [4.69, 9.17) is 4.42 Å². The number of pyridine rings is 2. The molecule has 0 unspecified atom stereocenters. The van der Waals surface area contributed by atoms with E-state index < -0.39 is 0 Å². The number of furan rings is 1. The van der Waals surface area contributed by atoms with E-state index in [0.29, 0.717) is 0 Å². The highest BCUT2D eigenvalue weighted by atomic mass is 16.3. The smallest absolute Gasteiger partial charge is 0.147 e. The van der Waals surface area contributed by atoms with Crippen molar-refractivity contribution < 1.29 is 4.42 Å². The third-order valence-electron chi connectivity index (χ3n) is 5.64. The summed E-state index contributed by atoms with van der Waals surface area (Å²) in [6.45, 7) is 2.08. The zero-order chi connectivity index (χ0) is 17.5. The van der Waals surface area contributed by atoms with Gasteiger partial charge < -0.3 is 4.42 Å². The summed E-state index contributed by atoms with van der Waals surface area (Å²) in [5.74, 6) is 0.827. The van der Waals surface area contributed by atoms with Crippen LogP contribution in [-0.2, 0) is 6.42 Å². The Morgan fingerprint density at radius 3 is 2.81 bits per heavy atom. The summed E-state index contributed by atoms with van der Waals surface area (Å²) in [6, 6.07) is 10.7. The third kappa shape index (κ3) is 2.68. The number of benzene rings is 1. The van der Waals surface area contributed by atoms with Crippen molar-refractivity contribution in [2.45, 2.75) is 39.0 Å². The van der Waals surface area contributed by atoms with Crippen LogP contribution >= 0.6 is 0 Å². The average Bonchev–Trinajstić information content (AvgIpc) is 3.28. The SMILES string of the molecule is Cc1ccc2c(c1)oc1c(-c3cc(CC4CCCC4)ccn3)cncc12. The largest absolute Gasteiger partial charge is 0.455 e. The quantitative estimate of drug-likeness (QED) is 0.452. The number of rotatable bonds is 3. The van der Waals surface area contributed by atoms with Gasteiger partial charge in [-0.2, -0.15) is 0 Å². The van der Waals surface area contributed by atoms with Crippen LogP contribution in [0.2, 0.25) is 0 Å². The maximum Gasteiger partial charge on any atom is 0.147 e. The van der Waals surface area contributed by atoms with Crippen LogP contribution in [-0.4, -0.2) is 9.97 Å². The summed E-state index contributed by atoms with van der Waals surface area (Å²) in [7, 11) is 0. The van der Waals surface area contributed by atoms with Crippen LogP contribution in [0.3, 0.4) is 0 Å². The molecule has 1 fully saturated rings. The van der Waals surface area contributed by atoms with Crippen LogP contribution in [0.1, 0.15) is 36.8 Å². The van der Waals surface area contributed by atoms with E-state index in [1.165, 1.54) is 36.8 Å². The van der Waals surface area contributed by atoms with Crippen molar-refractivity contribution in [3.8, 4) is 11.3 Å². The minimum atomic E-state index is 0.827. The summed E-state index contributed by atoms with van der Waals surface area (Å²) in [5.41, 5.74) is 6.29. The lowest BCUT2D eigenvalue weighted by Gasteiger charge is -2.10. The van der Waals surface area contributed by atoms with E-state index in [0.717, 1.165) is 45.5 Å². The van der Waals surface area contributed by atoms with Crippen LogP contribution in [0.4, 0.5) is 0 Å². The number of aromatic nitrogens is 2. The second kappa shape index (κ2) is 6.24. The normalized spacial score (nSPS) is 15.3. The maximum atomic E-state index is 6.21. The van der Waals surface area contributed by atoms with Crippen molar-refractivity contribution in [3.05, 3.63) is 60.0 Å². The van der Waals surface area contributed by atoms with E-state index in [-0.39, 0.29) is 0 Å². The number of hydrogen-bond donors (Lipinski definition) is 0. The molecule has 0 atom stereocenters. The van der Waals surface area contributed by atoms with E-state index in [1.54, 1.807) is 0 Å². The minimum absolute atomic E-state index is 0.827. The Bertz CT molecular complexity index is 1090. The summed E-state index contributed by atoms with van der Waals surface area (Å²) < 4.78 is 6.21. The van der Waals surface area contributed by atoms with Gasteiger partial charge in [0.2, 0.25) is 0 Å². The molecular formula is C23H22N2O. The zero-order valence-corrected chi connectivity index (χ0v) is 15.0. The fourth-order valence-electron chi connectivity index (χ4n) is 4.28. The van der Waals surface area contributed by atoms with Crippen molar-refractivity contribution in [2.24, 2.45) is 5.92 Å². The molecule has 1 aliphatic carbocycles. The Morgan fingerprint density at radius 2 is 1.92 bits per heavy atom. The van der Waals surface area contributed by atoms with Crippen LogP contribution in [0, 0.1) is 12.8 Å². The van der Waals surface area contributed by atoms with Crippen molar-refractivity contribution in [3.63, 3.8) is 0 Å². The van der Waals surface area contributed by atoms with E-state index >= 15 is 0 Å². The predicted molar refractivity (Wildman–Crippen MR) is 105 cm³/mol. The van der Waals surface area contributed by atoms with Crippen LogP contribution in [0.15, 0.2) is 53.3 Å². The molecule has 3 heteroatoms. The van der Waals surface area contributed by atoms with E-state index in [9.17, 15) is 0 Å². The summed E-state index contributed by atoms with van der Waals surface area (Å²) >= 11 is 0. The summed E-state index contributed by atoms with van der Waals surface area (Å²) in [5, 5.41) is 2.17. The monoisotopic (exact) mass is 342 g/mol. The lowest BCUT2D eigenvalue weighted by Crippen LogP contribution is -1.99. The van der Waals surface area contributed by atoms with Gasteiger partial charge in [-0.15, -0.1) is 0 Å². The molecule has 0 amide bonds. The van der Waals surface area contributed by atoms with Gasteiger partial charge in [0.05, 0.1) is 11.3 Å². The first kappa shape index (κ1) is 15.6. The predicted octanol–water partition coefficient (Wildman–Crippen LogP) is 6.08. The number of fused-ring (bicyclic) bond motifs is 3. The number of nitrogens with zero attached hydrogens (tertiary/aromatic N) is 2. The highest BCUT2D eigenvalue weighted by Gasteiger charge is 2.17. The Hall–Kier alpha value is -2.68. The Labute approximate surface area is 153 Å². The minimum Gasteiger partial charge on any atom is -0.455 e. The molecule has 0 bridgehead atoms. The zero-order valence-electron chi connectivity index (χ0n) is 15.0. The topological polar surface area (TPSA) is 38.9 Å². The summed E-state index contributed by atoms with van der Waals surface area (Å²) in [6.07, 6.45) is 12.3. The first-order chi connectivity index (χ1) is 12.8. The molecule has 1 aliphatic rings. The van der Waals surface area contributed by atoms with Crippen LogP contribution in [0.5, 0.6) is 0 Å². The molecule has 4 aromatic rings. The lowest BCUT2D eigenvalue weighted by atomic mass is 9.97. The molecular weight excluding hydrogens is 320 g/mol. The molecule has 3 nitrogen and oxygen atoms in total. The lowest BCUT2D eigenvalue weighted by molar-refractivity contribution is 0.546. The van der Waals surface area contributed by atoms with Gasteiger partial charge in [-0.3, -0.25) is 9.97 Å². The molecule has 26 heavy (non-hydrogen) atoms. The molecule has 0 aliphatic heterocycles. The molecule has 0 N–H and O–H groups in total. The van der Waals surface area contributed by atoms with Gasteiger partial charge in [-0.1, -0.05) is 37.8 Å². The van der Waals surface area contributed by atoms with Gasteiger partial charge in [-0.25, -0.2) is 0 Å². The fraction of sp³-hybridized carbons (Fsp3) is 0.304. The Morgan fingerprint density at radius 1 is 1.04 bits per heavy atom. The highest BCUT2D eigenvalue weighted by molar-refractivity contribution is 6.08. The van der Waals surface area contributed by atoms with Crippen LogP contribution in [0.25, 0.3) is 33.2 Å². The standard InChI is InChI=1S/C23H22N2O/c1-15-6-7-18-19-13-24-14-20(23(19)26-22(18)10-15)21-12-17(8-9-25-21)11-16-4-2-3-5-16/h6-10,12-14,16H,2-5,11H2,1H3. The molecule has 1 aromatic carbocycles. The number of hydrogen-bond acceptors (Lipinski definition) is 3. The average molecular weight is 342 g/mol. The maximum absolute atomic E-state index is 6.21. The van der Waals surface area contributed by atoms with Crippen molar-refractivity contribution >= 4 is 21.9 Å². The first-order valence-electron chi connectivity index (χ1n) is 9.50. The second-order valence-corrected chi connectivity index (χ2v) is 7.57. The Kier molecular flexibility index (Phi) is 3.74. The second-order valence-electron chi connectivity index (χ2n) is 7.57. The first-order valence-corrected chi connectivity index (χ1v) is 9.50. The molecule has 1 saturated carbocycles. The van der Waals surface area contributed by atoms with Crippen molar-refractivity contribution in [1.82, 2.24) is 9.97 Å². The molecule has 3 heterocycles.